The molecule has 0 saturated carbocycles. The molecule has 0 saturated heterocycles. The Morgan fingerprint density at radius 3 is 2.24 bits per heavy atom. The number of halogens is 1. The van der Waals surface area contributed by atoms with Gasteiger partial charge in [-0.1, -0.05) is 18.2 Å². The Balaban J connectivity index is 2.59. The molecule has 0 bridgehead atoms. The Morgan fingerprint density at radius 2 is 1.62 bits per heavy atom. The monoisotopic (exact) mass is 294 g/mol. The molecule has 4 nitrogen and oxygen atoms in total. The van der Waals surface area contributed by atoms with Gasteiger partial charge in [0.15, 0.2) is 5.78 Å². The zero-order valence-electron chi connectivity index (χ0n) is 10.6. The molecule has 0 radical (unpaired) electrons. The zero-order valence-corrected chi connectivity index (χ0v) is 11.4. The van der Waals surface area contributed by atoms with E-state index in [9.17, 15) is 14.9 Å². The number of nitriles is 2. The van der Waals surface area contributed by atoms with Crippen molar-refractivity contribution in [2.24, 2.45) is 0 Å². The highest BCUT2D eigenvalue weighted by Gasteiger charge is 2.19. The molecular formula is C16H7ClN2O2. The maximum absolute atomic E-state index is 12.5. The van der Waals surface area contributed by atoms with Crippen LogP contribution in [0.5, 0.6) is 0 Å². The quantitative estimate of drug-likeness (QED) is 0.643. The van der Waals surface area contributed by atoms with Crippen molar-refractivity contribution in [1.29, 1.82) is 10.5 Å². The van der Waals surface area contributed by atoms with E-state index in [4.69, 9.17) is 16.9 Å². The van der Waals surface area contributed by atoms with Gasteiger partial charge in [0, 0.05) is 11.1 Å². The molecule has 0 heterocycles. The number of carbonyl (C=O) groups is 2. The van der Waals surface area contributed by atoms with E-state index < -0.39 is 11.0 Å². The van der Waals surface area contributed by atoms with Crippen LogP contribution in [0.4, 0.5) is 0 Å². The fourth-order valence-corrected chi connectivity index (χ4v) is 2.07. The third-order valence-electron chi connectivity index (χ3n) is 2.89. The second-order valence-electron chi connectivity index (χ2n) is 4.14. The van der Waals surface area contributed by atoms with Crippen LogP contribution in [-0.2, 0) is 0 Å². The van der Waals surface area contributed by atoms with Crippen molar-refractivity contribution in [3.63, 3.8) is 0 Å². The fourth-order valence-electron chi connectivity index (χ4n) is 1.91. The van der Waals surface area contributed by atoms with Gasteiger partial charge in [0.1, 0.15) is 6.07 Å². The molecule has 21 heavy (non-hydrogen) atoms. The van der Waals surface area contributed by atoms with Crippen LogP contribution in [0.15, 0.2) is 42.5 Å². The molecule has 0 N–H and O–H groups in total. The van der Waals surface area contributed by atoms with Gasteiger partial charge in [-0.2, -0.15) is 10.5 Å². The molecule has 100 valence electrons. The second-order valence-corrected chi connectivity index (χ2v) is 4.48. The van der Waals surface area contributed by atoms with E-state index in [1.807, 2.05) is 12.1 Å². The van der Waals surface area contributed by atoms with Gasteiger partial charge in [-0.3, -0.25) is 9.59 Å². The van der Waals surface area contributed by atoms with Crippen molar-refractivity contribution in [2.45, 2.75) is 0 Å². The molecule has 0 amide bonds. The summed E-state index contributed by atoms with van der Waals surface area (Å²) in [6.07, 6.45) is 0. The molecule has 0 aromatic heterocycles. The lowest BCUT2D eigenvalue weighted by atomic mass is 9.95. The average molecular weight is 295 g/mol. The van der Waals surface area contributed by atoms with Crippen molar-refractivity contribution < 1.29 is 9.59 Å². The average Bonchev–Trinajstić information content (AvgIpc) is 2.53. The van der Waals surface area contributed by atoms with E-state index in [0.29, 0.717) is 5.56 Å². The Bertz CT molecular complexity index is 829. The summed E-state index contributed by atoms with van der Waals surface area (Å²) in [6.45, 7) is 0. The van der Waals surface area contributed by atoms with Crippen LogP contribution in [0.1, 0.15) is 37.4 Å². The number of ketones is 1. The highest BCUT2D eigenvalue weighted by molar-refractivity contribution is 6.68. The van der Waals surface area contributed by atoms with Crippen LogP contribution in [0.2, 0.25) is 0 Å². The summed E-state index contributed by atoms with van der Waals surface area (Å²) in [7, 11) is 0. The second kappa shape index (κ2) is 6.00. The number of carbonyl (C=O) groups excluding carboxylic acids is 2. The lowest BCUT2D eigenvalue weighted by Crippen LogP contribution is -2.07. The SMILES string of the molecule is N#Cc1cccc(C(=O)c2cccc(C(=O)Cl)c2C#N)c1. The minimum absolute atomic E-state index is 0.0125. The van der Waals surface area contributed by atoms with Crippen molar-refractivity contribution in [1.82, 2.24) is 0 Å². The molecular weight excluding hydrogens is 288 g/mol. The number of nitrogens with zero attached hydrogens (tertiary/aromatic N) is 2. The molecule has 0 aliphatic rings. The Hall–Kier alpha value is -2.95. The summed E-state index contributed by atoms with van der Waals surface area (Å²) < 4.78 is 0. The highest BCUT2D eigenvalue weighted by atomic mass is 35.5. The molecule has 2 aromatic carbocycles. The van der Waals surface area contributed by atoms with Crippen molar-refractivity contribution in [3.8, 4) is 12.1 Å². The summed E-state index contributed by atoms with van der Waals surface area (Å²) >= 11 is 5.41. The van der Waals surface area contributed by atoms with Crippen LogP contribution in [0, 0.1) is 22.7 Å². The Labute approximate surface area is 125 Å². The molecule has 2 aromatic rings. The fraction of sp³-hybridized carbons (Fsp3) is 0. The van der Waals surface area contributed by atoms with Gasteiger partial charge in [-0.15, -0.1) is 0 Å². The summed E-state index contributed by atoms with van der Waals surface area (Å²) in [5.74, 6) is -0.441. The van der Waals surface area contributed by atoms with E-state index >= 15 is 0 Å². The van der Waals surface area contributed by atoms with Gasteiger partial charge < -0.3 is 0 Å². The molecule has 0 fully saturated rings. The topological polar surface area (TPSA) is 81.7 Å². The van der Waals surface area contributed by atoms with Crippen LogP contribution >= 0.6 is 11.6 Å². The normalized spacial score (nSPS) is 9.48. The summed E-state index contributed by atoms with van der Waals surface area (Å²) in [5.41, 5.74) is 0.610. The Morgan fingerprint density at radius 1 is 0.952 bits per heavy atom. The van der Waals surface area contributed by atoms with Crippen LogP contribution in [0.3, 0.4) is 0 Å². The number of rotatable bonds is 3. The minimum atomic E-state index is -0.799. The minimum Gasteiger partial charge on any atom is -0.289 e. The van der Waals surface area contributed by atoms with Crippen LogP contribution in [-0.4, -0.2) is 11.0 Å². The predicted octanol–water partition coefficient (Wildman–Crippen LogP) is 3.04. The molecule has 0 aliphatic carbocycles. The first kappa shape index (κ1) is 14.5. The van der Waals surface area contributed by atoms with Gasteiger partial charge in [0.2, 0.25) is 0 Å². The van der Waals surface area contributed by atoms with Crippen molar-refractivity contribution in [3.05, 3.63) is 70.3 Å². The lowest BCUT2D eigenvalue weighted by Gasteiger charge is -2.06. The zero-order chi connectivity index (χ0) is 15.4. The summed E-state index contributed by atoms with van der Waals surface area (Å²) in [4.78, 5) is 23.8. The molecule has 0 aliphatic heterocycles. The summed E-state index contributed by atoms with van der Waals surface area (Å²) in [6, 6.07) is 14.2. The predicted molar refractivity (Wildman–Crippen MR) is 75.9 cm³/mol. The largest absolute Gasteiger partial charge is 0.289 e. The van der Waals surface area contributed by atoms with E-state index in [1.54, 1.807) is 18.2 Å². The van der Waals surface area contributed by atoms with Gasteiger partial charge >= 0.3 is 0 Å². The smallest absolute Gasteiger partial charge is 0.253 e. The third kappa shape index (κ3) is 2.81. The first-order chi connectivity index (χ1) is 10.1. The lowest BCUT2D eigenvalue weighted by molar-refractivity contribution is 0.103. The molecule has 0 spiro atoms. The summed E-state index contributed by atoms with van der Waals surface area (Å²) in [5, 5.41) is 17.2. The molecule has 0 atom stereocenters. The first-order valence-corrected chi connectivity index (χ1v) is 6.24. The van der Waals surface area contributed by atoms with Gasteiger partial charge in [-0.05, 0) is 35.9 Å². The van der Waals surface area contributed by atoms with Gasteiger partial charge in [0.25, 0.3) is 5.24 Å². The number of benzene rings is 2. The number of hydrogen-bond acceptors (Lipinski definition) is 4. The third-order valence-corrected chi connectivity index (χ3v) is 3.09. The highest BCUT2D eigenvalue weighted by Crippen LogP contribution is 2.20. The van der Waals surface area contributed by atoms with E-state index in [-0.39, 0.29) is 22.3 Å². The van der Waals surface area contributed by atoms with Gasteiger partial charge in [0.05, 0.1) is 22.8 Å². The van der Waals surface area contributed by atoms with E-state index in [1.165, 1.54) is 24.3 Å². The van der Waals surface area contributed by atoms with E-state index in [0.717, 1.165) is 0 Å². The van der Waals surface area contributed by atoms with Gasteiger partial charge in [-0.25, -0.2) is 0 Å². The molecule has 2 rings (SSSR count). The number of hydrogen-bond donors (Lipinski definition) is 0. The van der Waals surface area contributed by atoms with Crippen LogP contribution in [0.25, 0.3) is 0 Å². The van der Waals surface area contributed by atoms with E-state index in [2.05, 4.69) is 0 Å². The standard InChI is InChI=1S/C16H7ClN2O2/c17-16(21)13-6-2-5-12(14(13)9-19)15(20)11-4-1-3-10(7-11)8-18/h1-7H. The maximum atomic E-state index is 12.5. The molecule has 0 unspecified atom stereocenters. The maximum Gasteiger partial charge on any atom is 0.253 e. The van der Waals surface area contributed by atoms with Crippen LogP contribution < -0.4 is 0 Å². The van der Waals surface area contributed by atoms with Crippen molar-refractivity contribution in [2.75, 3.05) is 0 Å². The molecule has 5 heteroatoms. The Kier molecular flexibility index (Phi) is 4.13. The first-order valence-electron chi connectivity index (χ1n) is 5.86. The van der Waals surface area contributed by atoms with Crippen molar-refractivity contribution >= 4 is 22.6 Å².